The summed E-state index contributed by atoms with van der Waals surface area (Å²) in [6.07, 6.45) is 1.02. The fourth-order valence-electron chi connectivity index (χ4n) is 4.56. The first-order chi connectivity index (χ1) is 20.6. The van der Waals surface area contributed by atoms with Crippen LogP contribution in [0.5, 0.6) is 11.5 Å². The average molecular weight is 627 g/mol. The lowest BCUT2D eigenvalue weighted by molar-refractivity contribution is -0.384. The van der Waals surface area contributed by atoms with E-state index >= 15 is 0 Å². The molecule has 3 rings (SSSR count). The standard InChI is InChI=1S/C31H38N4O8S/c1-31(2,3)32-30(37)27(18-22-11-8-7-9-12-22)33(20-23-13-10-14-25(17-23)42-4)29(36)21-34(44(6,40)41)26-19-24(35(38)39)15-16-28(26)43-5/h7-17,19,27H,18,20-21H2,1-6H3,(H,32,37)/t27-/m1/s1. The van der Waals surface area contributed by atoms with E-state index in [1.165, 1.54) is 31.3 Å². The third-order valence-corrected chi connectivity index (χ3v) is 7.70. The van der Waals surface area contributed by atoms with Crippen LogP contribution in [0.4, 0.5) is 11.4 Å². The van der Waals surface area contributed by atoms with Crippen LogP contribution < -0.4 is 19.1 Å². The minimum absolute atomic E-state index is 0.0134. The minimum atomic E-state index is -4.18. The highest BCUT2D eigenvalue weighted by molar-refractivity contribution is 7.92. The summed E-state index contributed by atoms with van der Waals surface area (Å²) in [5, 5.41) is 14.5. The number of methoxy groups -OCH3 is 2. The van der Waals surface area contributed by atoms with E-state index in [-0.39, 0.29) is 30.1 Å². The van der Waals surface area contributed by atoms with Crippen molar-refractivity contribution in [2.45, 2.75) is 45.3 Å². The van der Waals surface area contributed by atoms with Crippen molar-refractivity contribution in [1.29, 1.82) is 0 Å². The van der Waals surface area contributed by atoms with Crippen LogP contribution in [-0.4, -0.2) is 68.7 Å². The van der Waals surface area contributed by atoms with Crippen LogP contribution in [0.15, 0.2) is 72.8 Å². The summed E-state index contributed by atoms with van der Waals surface area (Å²) >= 11 is 0. The van der Waals surface area contributed by atoms with Gasteiger partial charge in [-0.05, 0) is 50.1 Å². The third-order valence-electron chi connectivity index (χ3n) is 6.58. The number of nitrogens with one attached hydrogen (secondary N) is 1. The number of ether oxygens (including phenoxy) is 2. The Morgan fingerprint density at radius 3 is 2.18 bits per heavy atom. The Morgan fingerprint density at radius 2 is 1.61 bits per heavy atom. The zero-order valence-corrected chi connectivity index (χ0v) is 26.5. The Hall–Kier alpha value is -4.65. The monoisotopic (exact) mass is 626 g/mol. The zero-order valence-electron chi connectivity index (χ0n) is 25.6. The van der Waals surface area contributed by atoms with Crippen LogP contribution in [0.2, 0.25) is 0 Å². The molecule has 12 nitrogen and oxygen atoms in total. The fraction of sp³-hybridized carbons (Fsp3) is 0.355. The number of carbonyl (C=O) groups excluding carboxylic acids is 2. The number of nitro benzene ring substituents is 1. The molecule has 3 aromatic rings. The number of amides is 2. The molecule has 13 heteroatoms. The molecule has 0 radical (unpaired) electrons. The maximum atomic E-state index is 14.3. The molecule has 0 spiro atoms. The van der Waals surface area contributed by atoms with E-state index in [0.717, 1.165) is 22.2 Å². The summed E-state index contributed by atoms with van der Waals surface area (Å²) < 4.78 is 37.6. The van der Waals surface area contributed by atoms with Crippen LogP contribution in [0.1, 0.15) is 31.9 Å². The van der Waals surface area contributed by atoms with Gasteiger partial charge in [-0.15, -0.1) is 0 Å². The Kier molecular flexibility index (Phi) is 10.9. The number of anilines is 1. The Balaban J connectivity index is 2.16. The van der Waals surface area contributed by atoms with Crippen LogP contribution >= 0.6 is 0 Å². The largest absolute Gasteiger partial charge is 0.497 e. The van der Waals surface area contributed by atoms with Crippen molar-refractivity contribution in [2.75, 3.05) is 31.3 Å². The first-order valence-corrected chi connectivity index (χ1v) is 15.6. The zero-order chi connectivity index (χ0) is 32.7. The summed E-state index contributed by atoms with van der Waals surface area (Å²) in [5.74, 6) is -0.597. The van der Waals surface area contributed by atoms with Gasteiger partial charge < -0.3 is 19.7 Å². The molecular formula is C31H38N4O8S. The van der Waals surface area contributed by atoms with Crippen molar-refractivity contribution in [3.8, 4) is 11.5 Å². The predicted molar refractivity (Wildman–Crippen MR) is 167 cm³/mol. The highest BCUT2D eigenvalue weighted by Crippen LogP contribution is 2.34. The second kappa shape index (κ2) is 14.2. The lowest BCUT2D eigenvalue weighted by atomic mass is 10.0. The summed E-state index contributed by atoms with van der Waals surface area (Å²) in [5.41, 5.74) is 0.217. The van der Waals surface area contributed by atoms with Crippen LogP contribution in [0.25, 0.3) is 0 Å². The number of hydrogen-bond acceptors (Lipinski definition) is 8. The molecule has 0 aliphatic rings. The van der Waals surface area contributed by atoms with Crippen molar-refractivity contribution in [1.82, 2.24) is 10.2 Å². The van der Waals surface area contributed by atoms with Gasteiger partial charge in [0.1, 0.15) is 29.8 Å². The molecule has 0 bridgehead atoms. The van der Waals surface area contributed by atoms with E-state index in [1.807, 2.05) is 51.1 Å². The van der Waals surface area contributed by atoms with Gasteiger partial charge in [0.25, 0.3) is 5.69 Å². The van der Waals surface area contributed by atoms with E-state index in [1.54, 1.807) is 24.3 Å². The number of benzene rings is 3. The highest BCUT2D eigenvalue weighted by Gasteiger charge is 2.35. The molecule has 44 heavy (non-hydrogen) atoms. The maximum absolute atomic E-state index is 14.3. The number of rotatable bonds is 13. The van der Waals surface area contributed by atoms with E-state index in [2.05, 4.69) is 5.32 Å². The predicted octanol–water partition coefficient (Wildman–Crippen LogP) is 3.93. The van der Waals surface area contributed by atoms with Crippen molar-refractivity contribution >= 4 is 33.2 Å². The van der Waals surface area contributed by atoms with Gasteiger partial charge in [-0.25, -0.2) is 8.42 Å². The van der Waals surface area contributed by atoms with Crippen LogP contribution in [-0.2, 0) is 32.6 Å². The molecule has 0 unspecified atom stereocenters. The topological polar surface area (TPSA) is 148 Å². The maximum Gasteiger partial charge on any atom is 0.271 e. The van der Waals surface area contributed by atoms with Gasteiger partial charge >= 0.3 is 0 Å². The highest BCUT2D eigenvalue weighted by atomic mass is 32.2. The molecule has 0 aliphatic heterocycles. The molecule has 0 aromatic heterocycles. The molecule has 0 saturated heterocycles. The summed E-state index contributed by atoms with van der Waals surface area (Å²) in [4.78, 5) is 40.3. The summed E-state index contributed by atoms with van der Waals surface area (Å²) in [7, 11) is -1.38. The lowest BCUT2D eigenvalue weighted by Crippen LogP contribution is -2.56. The number of carbonyl (C=O) groups is 2. The van der Waals surface area contributed by atoms with Crippen molar-refractivity contribution in [2.24, 2.45) is 0 Å². The summed E-state index contributed by atoms with van der Waals surface area (Å²) in [6.45, 7) is 4.64. The molecular weight excluding hydrogens is 588 g/mol. The Bertz CT molecular complexity index is 1590. The Labute approximate surface area is 257 Å². The first kappa shape index (κ1) is 33.8. The third kappa shape index (κ3) is 9.17. The minimum Gasteiger partial charge on any atom is -0.497 e. The van der Waals surface area contributed by atoms with Crippen molar-refractivity contribution in [3.05, 3.63) is 94.0 Å². The van der Waals surface area contributed by atoms with Gasteiger partial charge in [0.2, 0.25) is 21.8 Å². The second-order valence-electron chi connectivity index (χ2n) is 11.2. The molecule has 0 saturated carbocycles. The SMILES string of the molecule is COc1cccc(CN(C(=O)CN(c2cc([N+](=O)[O-])ccc2OC)S(C)(=O)=O)[C@H](Cc2ccccc2)C(=O)NC(C)(C)C)c1. The molecule has 0 heterocycles. The quantitative estimate of drug-likeness (QED) is 0.222. The molecule has 0 aliphatic carbocycles. The fourth-order valence-corrected chi connectivity index (χ4v) is 5.40. The number of hydrogen-bond donors (Lipinski definition) is 1. The molecule has 236 valence electrons. The summed E-state index contributed by atoms with van der Waals surface area (Å²) in [6, 6.07) is 18.5. The average Bonchev–Trinajstić information content (AvgIpc) is 2.96. The van der Waals surface area contributed by atoms with Gasteiger partial charge in [0, 0.05) is 30.6 Å². The van der Waals surface area contributed by atoms with Crippen molar-refractivity contribution in [3.63, 3.8) is 0 Å². The van der Waals surface area contributed by atoms with E-state index in [0.29, 0.717) is 11.3 Å². The number of sulfonamides is 1. The Morgan fingerprint density at radius 1 is 0.955 bits per heavy atom. The molecule has 1 atom stereocenters. The normalized spacial score (nSPS) is 12.1. The van der Waals surface area contributed by atoms with Crippen LogP contribution in [0, 0.1) is 10.1 Å². The number of non-ortho nitro benzene ring substituents is 1. The van der Waals surface area contributed by atoms with Gasteiger partial charge in [-0.1, -0.05) is 42.5 Å². The second-order valence-corrected chi connectivity index (χ2v) is 13.1. The van der Waals surface area contributed by atoms with Gasteiger partial charge in [0.15, 0.2) is 0 Å². The molecule has 3 aromatic carbocycles. The smallest absolute Gasteiger partial charge is 0.271 e. The van der Waals surface area contributed by atoms with Crippen molar-refractivity contribution < 1.29 is 32.4 Å². The molecule has 0 fully saturated rings. The molecule has 1 N–H and O–H groups in total. The van der Waals surface area contributed by atoms with E-state index < -0.39 is 44.9 Å². The molecule has 2 amide bonds. The number of nitrogens with zero attached hydrogens (tertiary/aromatic N) is 3. The first-order valence-electron chi connectivity index (χ1n) is 13.7. The van der Waals surface area contributed by atoms with Gasteiger partial charge in [-0.2, -0.15) is 0 Å². The van der Waals surface area contributed by atoms with Crippen LogP contribution in [0.3, 0.4) is 0 Å². The number of nitro groups is 1. The lowest BCUT2D eigenvalue weighted by Gasteiger charge is -2.35. The van der Waals surface area contributed by atoms with E-state index in [9.17, 15) is 28.1 Å². The van der Waals surface area contributed by atoms with Gasteiger partial charge in [-0.3, -0.25) is 24.0 Å². The van der Waals surface area contributed by atoms with E-state index in [4.69, 9.17) is 9.47 Å². The van der Waals surface area contributed by atoms with Gasteiger partial charge in [0.05, 0.1) is 25.4 Å².